The van der Waals surface area contributed by atoms with E-state index in [-0.39, 0.29) is 17.3 Å². The van der Waals surface area contributed by atoms with Crippen LogP contribution >= 0.6 is 11.3 Å². The van der Waals surface area contributed by atoms with Crippen LogP contribution < -0.4 is 5.32 Å². The van der Waals surface area contributed by atoms with E-state index in [9.17, 15) is 9.59 Å². The molecule has 1 amide bonds. The lowest BCUT2D eigenvalue weighted by atomic mass is 9.81. The van der Waals surface area contributed by atoms with E-state index in [1.165, 1.54) is 18.4 Å². The van der Waals surface area contributed by atoms with Gasteiger partial charge in [-0.2, -0.15) is 0 Å². The molecule has 1 aromatic rings. The van der Waals surface area contributed by atoms with E-state index in [4.69, 9.17) is 4.74 Å². The standard InChI is InChI=1S/C16H24N2O3S/c1-15(2,3)13-17-10-11(22-13)12(19)18-16(14(20)21-4)8-6-5-7-9-16/h10H,5-9H2,1-4H3,(H,18,19). The number of amides is 1. The summed E-state index contributed by atoms with van der Waals surface area (Å²) in [5.74, 6) is -0.582. The Morgan fingerprint density at radius 2 is 1.91 bits per heavy atom. The predicted molar refractivity (Wildman–Crippen MR) is 86.1 cm³/mol. The second-order valence-corrected chi connectivity index (χ2v) is 7.90. The van der Waals surface area contributed by atoms with Crippen molar-refractivity contribution in [2.45, 2.75) is 63.8 Å². The van der Waals surface area contributed by atoms with Crippen molar-refractivity contribution >= 4 is 23.2 Å². The van der Waals surface area contributed by atoms with E-state index in [1.54, 1.807) is 6.20 Å². The smallest absolute Gasteiger partial charge is 0.331 e. The molecular formula is C16H24N2O3S. The van der Waals surface area contributed by atoms with Gasteiger partial charge in [0.25, 0.3) is 5.91 Å². The Morgan fingerprint density at radius 1 is 1.27 bits per heavy atom. The SMILES string of the molecule is COC(=O)C1(NC(=O)c2cnc(C(C)(C)C)s2)CCCCC1. The molecule has 0 radical (unpaired) electrons. The van der Waals surface area contributed by atoms with Gasteiger partial charge in [0, 0.05) is 5.41 Å². The Labute approximate surface area is 135 Å². The molecule has 6 heteroatoms. The van der Waals surface area contributed by atoms with Crippen molar-refractivity contribution in [3.8, 4) is 0 Å². The zero-order valence-electron chi connectivity index (χ0n) is 13.7. The highest BCUT2D eigenvalue weighted by molar-refractivity contribution is 7.13. The maximum absolute atomic E-state index is 12.5. The lowest BCUT2D eigenvalue weighted by Crippen LogP contribution is -2.56. The lowest BCUT2D eigenvalue weighted by Gasteiger charge is -2.35. The molecule has 0 aromatic carbocycles. The average Bonchev–Trinajstić information content (AvgIpc) is 2.97. The summed E-state index contributed by atoms with van der Waals surface area (Å²) in [4.78, 5) is 29.6. The molecule has 0 unspecified atom stereocenters. The van der Waals surface area contributed by atoms with Gasteiger partial charge in [-0.25, -0.2) is 9.78 Å². The van der Waals surface area contributed by atoms with Crippen molar-refractivity contribution < 1.29 is 14.3 Å². The van der Waals surface area contributed by atoms with Crippen LogP contribution in [0.15, 0.2) is 6.20 Å². The first-order valence-corrected chi connectivity index (χ1v) is 8.47. The third kappa shape index (κ3) is 3.48. The van der Waals surface area contributed by atoms with E-state index in [1.807, 2.05) is 0 Å². The summed E-state index contributed by atoms with van der Waals surface area (Å²) in [6.45, 7) is 6.18. The molecule has 1 aliphatic carbocycles. The van der Waals surface area contributed by atoms with Gasteiger partial charge in [0.2, 0.25) is 0 Å². The number of thiazole rings is 1. The van der Waals surface area contributed by atoms with E-state index in [0.717, 1.165) is 24.3 Å². The minimum Gasteiger partial charge on any atom is -0.467 e. The molecule has 0 bridgehead atoms. The molecule has 1 fully saturated rings. The second-order valence-electron chi connectivity index (χ2n) is 6.87. The Morgan fingerprint density at radius 3 is 2.41 bits per heavy atom. The summed E-state index contributed by atoms with van der Waals surface area (Å²) in [5, 5.41) is 3.83. The molecule has 1 saturated carbocycles. The molecule has 0 spiro atoms. The van der Waals surface area contributed by atoms with Gasteiger partial charge in [0.15, 0.2) is 0 Å². The molecule has 0 saturated heterocycles. The molecule has 0 aliphatic heterocycles. The van der Waals surface area contributed by atoms with Gasteiger partial charge in [-0.15, -0.1) is 11.3 Å². The van der Waals surface area contributed by atoms with Crippen molar-refractivity contribution in [3.05, 3.63) is 16.1 Å². The number of nitrogens with zero attached hydrogens (tertiary/aromatic N) is 1. The van der Waals surface area contributed by atoms with Gasteiger partial charge < -0.3 is 10.1 Å². The highest BCUT2D eigenvalue weighted by atomic mass is 32.1. The Kier molecular flexibility index (Phi) is 4.90. The zero-order valence-corrected chi connectivity index (χ0v) is 14.5. The van der Waals surface area contributed by atoms with E-state index in [2.05, 4.69) is 31.1 Å². The van der Waals surface area contributed by atoms with Crippen molar-refractivity contribution in [1.82, 2.24) is 10.3 Å². The molecule has 122 valence electrons. The van der Waals surface area contributed by atoms with Gasteiger partial charge in [0.05, 0.1) is 18.3 Å². The summed E-state index contributed by atoms with van der Waals surface area (Å²) in [6.07, 6.45) is 5.79. The number of hydrogen-bond donors (Lipinski definition) is 1. The molecule has 1 heterocycles. The first-order chi connectivity index (χ1) is 10.3. The van der Waals surface area contributed by atoms with E-state index >= 15 is 0 Å². The summed E-state index contributed by atoms with van der Waals surface area (Å²) < 4.78 is 4.92. The maximum atomic E-state index is 12.5. The number of carbonyl (C=O) groups is 2. The van der Waals surface area contributed by atoms with Gasteiger partial charge in [-0.1, -0.05) is 40.0 Å². The van der Waals surface area contributed by atoms with Crippen LogP contribution in [0.4, 0.5) is 0 Å². The van der Waals surface area contributed by atoms with Gasteiger partial charge >= 0.3 is 5.97 Å². The van der Waals surface area contributed by atoms with Crippen LogP contribution in [0.5, 0.6) is 0 Å². The fourth-order valence-electron chi connectivity index (χ4n) is 2.74. The van der Waals surface area contributed by atoms with Crippen molar-refractivity contribution in [1.29, 1.82) is 0 Å². The quantitative estimate of drug-likeness (QED) is 0.868. The van der Waals surface area contributed by atoms with Crippen LogP contribution in [0.1, 0.15) is 67.6 Å². The van der Waals surface area contributed by atoms with Crippen LogP contribution in [0, 0.1) is 0 Å². The van der Waals surface area contributed by atoms with Crippen molar-refractivity contribution in [2.24, 2.45) is 0 Å². The Balaban J connectivity index is 2.18. The number of ether oxygens (including phenoxy) is 1. The fraction of sp³-hybridized carbons (Fsp3) is 0.688. The molecule has 0 atom stereocenters. The second kappa shape index (κ2) is 6.36. The van der Waals surface area contributed by atoms with Crippen molar-refractivity contribution in [3.63, 3.8) is 0 Å². The Hall–Kier alpha value is -1.43. The normalized spacial score (nSPS) is 17.8. The van der Waals surface area contributed by atoms with E-state index in [0.29, 0.717) is 17.7 Å². The maximum Gasteiger partial charge on any atom is 0.331 e. The number of rotatable bonds is 3. The monoisotopic (exact) mass is 324 g/mol. The minimum absolute atomic E-state index is 0.0892. The number of nitrogens with one attached hydrogen (secondary N) is 1. The molecule has 1 N–H and O–H groups in total. The first kappa shape index (κ1) is 16.9. The Bertz CT molecular complexity index is 554. The number of aromatic nitrogens is 1. The number of methoxy groups -OCH3 is 1. The molecule has 1 aromatic heterocycles. The predicted octanol–water partition coefficient (Wildman–Crippen LogP) is 3.05. The number of esters is 1. The number of hydrogen-bond acceptors (Lipinski definition) is 5. The van der Waals surface area contributed by atoms with Crippen LogP contribution in [0.3, 0.4) is 0 Å². The third-order valence-corrected chi connectivity index (χ3v) is 5.43. The van der Waals surface area contributed by atoms with Crippen LogP contribution in [0.25, 0.3) is 0 Å². The molecule has 2 rings (SSSR count). The average molecular weight is 324 g/mol. The summed E-state index contributed by atoms with van der Waals surface area (Å²) in [5.41, 5.74) is -0.968. The fourth-order valence-corrected chi connectivity index (χ4v) is 3.60. The van der Waals surface area contributed by atoms with Crippen LogP contribution in [-0.4, -0.2) is 29.5 Å². The molecule has 22 heavy (non-hydrogen) atoms. The summed E-state index contributed by atoms with van der Waals surface area (Å²) in [6, 6.07) is 0. The van der Waals surface area contributed by atoms with Crippen molar-refractivity contribution in [2.75, 3.05) is 7.11 Å². The van der Waals surface area contributed by atoms with Gasteiger partial charge in [0.1, 0.15) is 10.4 Å². The lowest BCUT2D eigenvalue weighted by molar-refractivity contribution is -0.149. The molecular weight excluding hydrogens is 300 g/mol. The van der Waals surface area contributed by atoms with Crippen LogP contribution in [-0.2, 0) is 14.9 Å². The topological polar surface area (TPSA) is 68.3 Å². The minimum atomic E-state index is -0.879. The van der Waals surface area contributed by atoms with Gasteiger partial charge in [-0.05, 0) is 12.8 Å². The highest BCUT2D eigenvalue weighted by Gasteiger charge is 2.42. The molecule has 5 nitrogen and oxygen atoms in total. The van der Waals surface area contributed by atoms with E-state index < -0.39 is 5.54 Å². The summed E-state index contributed by atoms with van der Waals surface area (Å²) in [7, 11) is 1.37. The highest BCUT2D eigenvalue weighted by Crippen LogP contribution is 2.31. The number of carbonyl (C=O) groups excluding carboxylic acids is 2. The molecule has 1 aliphatic rings. The first-order valence-electron chi connectivity index (χ1n) is 7.66. The zero-order chi connectivity index (χ0) is 16.4. The largest absolute Gasteiger partial charge is 0.467 e. The summed E-state index contributed by atoms with van der Waals surface area (Å²) >= 11 is 1.38. The van der Waals surface area contributed by atoms with Gasteiger partial charge in [-0.3, -0.25) is 4.79 Å². The van der Waals surface area contributed by atoms with Crippen LogP contribution in [0.2, 0.25) is 0 Å². The third-order valence-electron chi connectivity index (χ3n) is 4.01.